The monoisotopic (exact) mass is 380 g/mol. The van der Waals surface area contributed by atoms with Gasteiger partial charge in [0.1, 0.15) is 17.9 Å². The molecular formula is C21H20N2O3S. The molecule has 0 aromatic heterocycles. The fourth-order valence-corrected chi connectivity index (χ4v) is 2.82. The Kier molecular flexibility index (Phi) is 5.37. The smallest absolute Gasteiger partial charge is 0.265 e. The maximum Gasteiger partial charge on any atom is 0.265 e. The van der Waals surface area contributed by atoms with E-state index in [1.807, 2.05) is 55.5 Å². The minimum atomic E-state index is -0.400. The van der Waals surface area contributed by atoms with Crippen LogP contribution in [0.4, 0.5) is 0 Å². The minimum Gasteiger partial charge on any atom is -0.489 e. The predicted molar refractivity (Wildman–Crippen MR) is 108 cm³/mol. The first kappa shape index (κ1) is 18.8. The highest BCUT2D eigenvalue weighted by Crippen LogP contribution is 2.20. The third kappa shape index (κ3) is 4.06. The van der Waals surface area contributed by atoms with Gasteiger partial charge in [0, 0.05) is 14.1 Å². The molecule has 3 rings (SSSR count). The summed E-state index contributed by atoms with van der Waals surface area (Å²) in [6.45, 7) is 2.52. The minimum absolute atomic E-state index is 0.0851. The van der Waals surface area contributed by atoms with Crippen LogP contribution in [0.5, 0.6) is 5.75 Å². The topological polar surface area (TPSA) is 49.9 Å². The highest BCUT2D eigenvalue weighted by atomic mass is 32.1. The summed E-state index contributed by atoms with van der Waals surface area (Å²) < 4.78 is 5.78. The van der Waals surface area contributed by atoms with Crippen LogP contribution < -0.4 is 4.74 Å². The van der Waals surface area contributed by atoms with Gasteiger partial charge >= 0.3 is 0 Å². The second kappa shape index (κ2) is 7.72. The van der Waals surface area contributed by atoms with Gasteiger partial charge in [-0.2, -0.15) is 0 Å². The number of likely N-dealkylation sites (N-methyl/N-ethyl adjacent to an activating group) is 2. The van der Waals surface area contributed by atoms with Crippen molar-refractivity contribution in [3.8, 4) is 5.75 Å². The second-order valence-electron chi connectivity index (χ2n) is 6.41. The van der Waals surface area contributed by atoms with E-state index in [-0.39, 0.29) is 10.7 Å². The first-order valence-electron chi connectivity index (χ1n) is 8.47. The van der Waals surface area contributed by atoms with Crippen molar-refractivity contribution in [3.05, 3.63) is 70.8 Å². The maximum atomic E-state index is 12.3. The van der Waals surface area contributed by atoms with Crippen LogP contribution in [-0.4, -0.2) is 40.8 Å². The van der Waals surface area contributed by atoms with Crippen LogP contribution in [0.1, 0.15) is 16.7 Å². The number of hydrogen-bond acceptors (Lipinski definition) is 4. The molecule has 0 radical (unpaired) electrons. The van der Waals surface area contributed by atoms with Gasteiger partial charge in [0.25, 0.3) is 11.8 Å². The molecule has 0 atom stereocenters. The van der Waals surface area contributed by atoms with Gasteiger partial charge in [0.05, 0.1) is 0 Å². The molecule has 0 spiro atoms. The molecule has 5 nitrogen and oxygen atoms in total. The van der Waals surface area contributed by atoms with Gasteiger partial charge in [-0.15, -0.1) is 0 Å². The summed E-state index contributed by atoms with van der Waals surface area (Å²) in [6.07, 6.45) is 1.57. The van der Waals surface area contributed by atoms with Crippen LogP contribution in [-0.2, 0) is 16.2 Å². The molecule has 0 aliphatic carbocycles. The molecule has 0 unspecified atom stereocenters. The van der Waals surface area contributed by atoms with Crippen molar-refractivity contribution in [1.82, 2.24) is 9.80 Å². The van der Waals surface area contributed by atoms with Gasteiger partial charge in [-0.3, -0.25) is 19.4 Å². The normalized spacial score (nSPS) is 14.6. The SMILES string of the molecule is Cc1ccc(COc2ccc(C=C3C(=O)N(C)C(=S)N(C)C3=O)cc2)cc1. The van der Waals surface area contributed by atoms with Crippen LogP contribution in [0.3, 0.4) is 0 Å². The van der Waals surface area contributed by atoms with E-state index < -0.39 is 11.8 Å². The van der Waals surface area contributed by atoms with Gasteiger partial charge < -0.3 is 4.74 Å². The van der Waals surface area contributed by atoms with Crippen LogP contribution >= 0.6 is 12.2 Å². The Morgan fingerprint density at radius 3 is 2.04 bits per heavy atom. The largest absolute Gasteiger partial charge is 0.489 e. The number of aryl methyl sites for hydroxylation is 1. The number of hydrogen-bond donors (Lipinski definition) is 0. The third-order valence-electron chi connectivity index (χ3n) is 4.36. The quantitative estimate of drug-likeness (QED) is 0.464. The van der Waals surface area contributed by atoms with E-state index >= 15 is 0 Å². The van der Waals surface area contributed by atoms with Crippen molar-refractivity contribution in [2.75, 3.05) is 14.1 Å². The van der Waals surface area contributed by atoms with Gasteiger partial charge in [-0.1, -0.05) is 42.0 Å². The molecule has 1 aliphatic rings. The second-order valence-corrected chi connectivity index (χ2v) is 6.78. The Labute approximate surface area is 163 Å². The zero-order chi connectivity index (χ0) is 19.6. The number of carbonyl (C=O) groups is 2. The number of carbonyl (C=O) groups excluding carboxylic acids is 2. The number of benzene rings is 2. The molecule has 0 bridgehead atoms. The summed E-state index contributed by atoms with van der Waals surface area (Å²) in [6, 6.07) is 15.4. The fraction of sp³-hybridized carbons (Fsp3) is 0.190. The summed E-state index contributed by atoms with van der Waals surface area (Å²) in [5.74, 6) is -0.0833. The molecule has 2 aromatic rings. The molecule has 1 fully saturated rings. The van der Waals surface area contributed by atoms with Crippen molar-refractivity contribution in [3.63, 3.8) is 0 Å². The molecule has 1 heterocycles. The van der Waals surface area contributed by atoms with Gasteiger partial charge in [0.2, 0.25) is 0 Å². The lowest BCUT2D eigenvalue weighted by Gasteiger charge is -2.31. The Balaban J connectivity index is 1.72. The van der Waals surface area contributed by atoms with E-state index in [4.69, 9.17) is 17.0 Å². The number of nitrogens with zero attached hydrogens (tertiary/aromatic N) is 2. The summed E-state index contributed by atoms with van der Waals surface area (Å²) in [5.41, 5.74) is 3.12. The standard InChI is InChI=1S/C21H20N2O3S/c1-14-4-6-16(7-5-14)13-26-17-10-8-15(9-11-17)12-18-19(24)22(2)21(27)23(3)20(18)25/h4-12H,13H2,1-3H3. The van der Waals surface area contributed by atoms with E-state index in [9.17, 15) is 9.59 Å². The van der Waals surface area contributed by atoms with Crippen molar-refractivity contribution < 1.29 is 14.3 Å². The van der Waals surface area contributed by atoms with E-state index in [0.29, 0.717) is 6.61 Å². The van der Waals surface area contributed by atoms with Crippen molar-refractivity contribution in [2.45, 2.75) is 13.5 Å². The molecule has 0 N–H and O–H groups in total. The zero-order valence-corrected chi connectivity index (χ0v) is 16.2. The molecule has 1 saturated heterocycles. The van der Waals surface area contributed by atoms with Gasteiger partial charge in [-0.25, -0.2) is 0 Å². The molecule has 1 aliphatic heterocycles. The average Bonchev–Trinajstić information content (AvgIpc) is 2.69. The highest BCUT2D eigenvalue weighted by molar-refractivity contribution is 7.80. The molecule has 27 heavy (non-hydrogen) atoms. The number of thiocarbonyl (C=S) groups is 1. The maximum absolute atomic E-state index is 12.3. The molecule has 138 valence electrons. The van der Waals surface area contributed by atoms with Crippen LogP contribution in [0.25, 0.3) is 6.08 Å². The van der Waals surface area contributed by atoms with Crippen molar-refractivity contribution in [1.29, 1.82) is 0 Å². The lowest BCUT2D eigenvalue weighted by Crippen LogP contribution is -2.52. The van der Waals surface area contributed by atoms with E-state index in [2.05, 4.69) is 0 Å². The number of amides is 2. The fourth-order valence-electron chi connectivity index (χ4n) is 2.65. The first-order valence-corrected chi connectivity index (χ1v) is 8.88. The molecule has 2 amide bonds. The lowest BCUT2D eigenvalue weighted by atomic mass is 10.1. The lowest BCUT2D eigenvalue weighted by molar-refractivity contribution is -0.132. The van der Waals surface area contributed by atoms with E-state index in [1.165, 1.54) is 15.4 Å². The van der Waals surface area contributed by atoms with Crippen LogP contribution in [0.2, 0.25) is 0 Å². The Hall–Kier alpha value is -2.99. The predicted octanol–water partition coefficient (Wildman–Crippen LogP) is 3.17. The average molecular weight is 380 g/mol. The summed E-state index contributed by atoms with van der Waals surface area (Å²) >= 11 is 5.08. The number of ether oxygens (including phenoxy) is 1. The van der Waals surface area contributed by atoms with E-state index in [1.54, 1.807) is 20.2 Å². The summed E-state index contributed by atoms with van der Waals surface area (Å²) in [5, 5.41) is 0.196. The summed E-state index contributed by atoms with van der Waals surface area (Å²) in [7, 11) is 3.12. The van der Waals surface area contributed by atoms with Crippen molar-refractivity contribution >= 4 is 35.2 Å². The molecule has 0 saturated carbocycles. The Morgan fingerprint density at radius 2 is 1.48 bits per heavy atom. The number of rotatable bonds is 4. The van der Waals surface area contributed by atoms with Gasteiger partial charge in [-0.05, 0) is 48.5 Å². The van der Waals surface area contributed by atoms with Crippen molar-refractivity contribution in [2.24, 2.45) is 0 Å². The van der Waals surface area contributed by atoms with Crippen LogP contribution in [0, 0.1) is 6.92 Å². The molecule has 6 heteroatoms. The molecule has 2 aromatic carbocycles. The molecular weight excluding hydrogens is 360 g/mol. The zero-order valence-electron chi connectivity index (χ0n) is 15.4. The summed E-state index contributed by atoms with van der Waals surface area (Å²) in [4.78, 5) is 27.3. The van der Waals surface area contributed by atoms with Gasteiger partial charge in [0.15, 0.2) is 5.11 Å². The Morgan fingerprint density at radius 1 is 0.926 bits per heavy atom. The first-order chi connectivity index (χ1) is 12.9. The van der Waals surface area contributed by atoms with Crippen LogP contribution in [0.15, 0.2) is 54.1 Å². The third-order valence-corrected chi connectivity index (χ3v) is 4.91. The Bertz CT molecular complexity index is 891. The van der Waals surface area contributed by atoms with E-state index in [0.717, 1.165) is 16.9 Å². The highest BCUT2D eigenvalue weighted by Gasteiger charge is 2.35.